The van der Waals surface area contributed by atoms with E-state index in [2.05, 4.69) is 47.0 Å². The molecule has 2 aromatic carbocycles. The summed E-state index contributed by atoms with van der Waals surface area (Å²) in [7, 11) is -1.43. The van der Waals surface area contributed by atoms with Gasteiger partial charge in [0, 0.05) is 31.3 Å². The molecule has 5 nitrogen and oxygen atoms in total. The van der Waals surface area contributed by atoms with Gasteiger partial charge < -0.3 is 10.6 Å². The summed E-state index contributed by atoms with van der Waals surface area (Å²) in [5.74, 6) is 0.699. The number of aryl methyl sites for hydroxylation is 1. The zero-order valence-corrected chi connectivity index (χ0v) is 17.2. The van der Waals surface area contributed by atoms with Crippen LogP contribution in [0.4, 0.5) is 0 Å². The van der Waals surface area contributed by atoms with E-state index in [-0.39, 0.29) is 0 Å². The van der Waals surface area contributed by atoms with Crippen LogP contribution in [0.1, 0.15) is 16.7 Å². The minimum atomic E-state index is -3.16. The number of rotatable bonds is 6. The summed E-state index contributed by atoms with van der Waals surface area (Å²) in [6.45, 7) is 3.34. The summed E-state index contributed by atoms with van der Waals surface area (Å²) in [5, 5.41) is 6.56. The number of nitrogens with one attached hydrogen (secondary N) is 2. The first-order chi connectivity index (χ1) is 12.3. The molecule has 0 atom stereocenters. The van der Waals surface area contributed by atoms with Crippen molar-refractivity contribution in [3.63, 3.8) is 0 Å². The second-order valence-electron chi connectivity index (χ2n) is 6.01. The van der Waals surface area contributed by atoms with Crippen molar-refractivity contribution in [1.82, 2.24) is 10.6 Å². The number of hydrogen-bond acceptors (Lipinski definition) is 4. The standard InChI is InChI=1S/C19H25N3O2S2/c1-14-5-8-16(18(11-14)25-3)13-22-19(20-2)21-12-15-6-9-17(10-7-15)26(4,23)24/h5-11H,12-13H2,1-4H3,(H2,20,21,22). The second kappa shape index (κ2) is 9.09. The minimum Gasteiger partial charge on any atom is -0.352 e. The Bertz CT molecular complexity index is 876. The van der Waals surface area contributed by atoms with Gasteiger partial charge in [0.25, 0.3) is 0 Å². The summed E-state index contributed by atoms with van der Waals surface area (Å²) < 4.78 is 23.0. The van der Waals surface area contributed by atoms with Gasteiger partial charge in [-0.25, -0.2) is 8.42 Å². The van der Waals surface area contributed by atoms with Crippen LogP contribution in [0.5, 0.6) is 0 Å². The predicted molar refractivity (Wildman–Crippen MR) is 110 cm³/mol. The largest absolute Gasteiger partial charge is 0.352 e. The average molecular weight is 392 g/mol. The van der Waals surface area contributed by atoms with E-state index in [0.717, 1.165) is 5.56 Å². The smallest absolute Gasteiger partial charge is 0.191 e. The Morgan fingerprint density at radius 3 is 2.31 bits per heavy atom. The van der Waals surface area contributed by atoms with Gasteiger partial charge in [0.15, 0.2) is 15.8 Å². The van der Waals surface area contributed by atoms with Crippen LogP contribution in [0.15, 0.2) is 57.2 Å². The lowest BCUT2D eigenvalue weighted by molar-refractivity contribution is 0.602. The first kappa shape index (κ1) is 20.3. The van der Waals surface area contributed by atoms with Crippen LogP contribution in [0.25, 0.3) is 0 Å². The zero-order valence-electron chi connectivity index (χ0n) is 15.5. The van der Waals surface area contributed by atoms with Crippen molar-refractivity contribution in [2.45, 2.75) is 29.8 Å². The van der Waals surface area contributed by atoms with Gasteiger partial charge in [-0.3, -0.25) is 4.99 Å². The fraction of sp³-hybridized carbons (Fsp3) is 0.316. The molecule has 0 fully saturated rings. The molecular weight excluding hydrogens is 366 g/mol. The minimum absolute atomic E-state index is 0.327. The molecule has 2 N–H and O–H groups in total. The molecule has 0 aliphatic rings. The quantitative estimate of drug-likeness (QED) is 0.450. The van der Waals surface area contributed by atoms with E-state index in [1.54, 1.807) is 30.9 Å². The highest BCUT2D eigenvalue weighted by molar-refractivity contribution is 7.98. The molecule has 140 valence electrons. The maximum atomic E-state index is 11.5. The Labute approximate surface area is 160 Å². The van der Waals surface area contributed by atoms with Crippen molar-refractivity contribution in [2.75, 3.05) is 19.6 Å². The highest BCUT2D eigenvalue weighted by Gasteiger charge is 2.07. The van der Waals surface area contributed by atoms with Crippen LogP contribution in [0.3, 0.4) is 0 Å². The molecule has 0 saturated carbocycles. The van der Waals surface area contributed by atoms with E-state index < -0.39 is 9.84 Å². The summed E-state index contributed by atoms with van der Waals surface area (Å²) in [4.78, 5) is 5.82. The van der Waals surface area contributed by atoms with Crippen molar-refractivity contribution in [1.29, 1.82) is 0 Å². The summed E-state index contributed by atoms with van der Waals surface area (Å²) in [5.41, 5.74) is 3.46. The third kappa shape index (κ3) is 5.78. The molecule has 0 aliphatic carbocycles. The second-order valence-corrected chi connectivity index (χ2v) is 8.87. The maximum absolute atomic E-state index is 11.5. The van der Waals surface area contributed by atoms with Crippen molar-refractivity contribution in [3.05, 3.63) is 59.2 Å². The number of guanidine groups is 1. The Morgan fingerprint density at radius 2 is 1.73 bits per heavy atom. The molecule has 0 saturated heterocycles. The van der Waals surface area contributed by atoms with Gasteiger partial charge in [0.2, 0.25) is 0 Å². The lowest BCUT2D eigenvalue weighted by Crippen LogP contribution is -2.36. The van der Waals surface area contributed by atoms with E-state index in [9.17, 15) is 8.42 Å². The van der Waals surface area contributed by atoms with Gasteiger partial charge >= 0.3 is 0 Å². The van der Waals surface area contributed by atoms with E-state index in [1.165, 1.54) is 22.3 Å². The maximum Gasteiger partial charge on any atom is 0.191 e. The third-order valence-corrected chi connectivity index (χ3v) is 5.87. The number of benzene rings is 2. The normalized spacial score (nSPS) is 12.1. The van der Waals surface area contributed by atoms with Gasteiger partial charge in [-0.15, -0.1) is 11.8 Å². The number of hydrogen-bond donors (Lipinski definition) is 2. The molecule has 2 rings (SSSR count). The van der Waals surface area contributed by atoms with Gasteiger partial charge in [0.05, 0.1) is 4.90 Å². The van der Waals surface area contributed by atoms with Crippen LogP contribution in [-0.4, -0.2) is 33.9 Å². The number of sulfone groups is 1. The summed E-state index contributed by atoms with van der Waals surface area (Å²) >= 11 is 1.73. The van der Waals surface area contributed by atoms with Crippen LogP contribution in [-0.2, 0) is 22.9 Å². The van der Waals surface area contributed by atoms with Crippen molar-refractivity contribution in [3.8, 4) is 0 Å². The van der Waals surface area contributed by atoms with Crippen LogP contribution in [0, 0.1) is 6.92 Å². The number of thioether (sulfide) groups is 1. The lowest BCUT2D eigenvalue weighted by Gasteiger charge is -2.14. The summed E-state index contributed by atoms with van der Waals surface area (Å²) in [6, 6.07) is 13.3. The topological polar surface area (TPSA) is 70.6 Å². The summed E-state index contributed by atoms with van der Waals surface area (Å²) in [6.07, 6.45) is 3.28. The molecule has 0 bridgehead atoms. The Hall–Kier alpha value is -1.99. The molecule has 0 heterocycles. The van der Waals surface area contributed by atoms with Crippen molar-refractivity contribution < 1.29 is 8.42 Å². The molecule has 0 aromatic heterocycles. The van der Waals surface area contributed by atoms with E-state index in [4.69, 9.17) is 0 Å². The molecule has 7 heteroatoms. The molecule has 0 unspecified atom stereocenters. The first-order valence-corrected chi connectivity index (χ1v) is 11.3. The zero-order chi connectivity index (χ0) is 19.2. The van der Waals surface area contributed by atoms with Gasteiger partial charge in [-0.2, -0.15) is 0 Å². The fourth-order valence-electron chi connectivity index (χ4n) is 2.44. The van der Waals surface area contributed by atoms with Gasteiger partial charge in [0.1, 0.15) is 0 Å². The van der Waals surface area contributed by atoms with Crippen molar-refractivity contribution >= 4 is 27.6 Å². The molecule has 0 spiro atoms. The lowest BCUT2D eigenvalue weighted by atomic mass is 10.1. The average Bonchev–Trinajstić information content (AvgIpc) is 2.62. The van der Waals surface area contributed by atoms with Crippen molar-refractivity contribution in [2.24, 2.45) is 4.99 Å². The van der Waals surface area contributed by atoms with E-state index in [0.29, 0.717) is 23.9 Å². The first-order valence-electron chi connectivity index (χ1n) is 8.20. The monoisotopic (exact) mass is 391 g/mol. The Morgan fingerprint density at radius 1 is 1.08 bits per heavy atom. The van der Waals surface area contributed by atoms with Crippen LogP contribution in [0.2, 0.25) is 0 Å². The molecule has 0 radical (unpaired) electrons. The Kier molecular flexibility index (Phi) is 7.11. The number of aliphatic imine (C=N–C) groups is 1. The molecule has 2 aromatic rings. The van der Waals surface area contributed by atoms with Gasteiger partial charge in [-0.05, 0) is 48.1 Å². The third-order valence-electron chi connectivity index (χ3n) is 3.92. The van der Waals surface area contributed by atoms with Crippen LogP contribution < -0.4 is 10.6 Å². The van der Waals surface area contributed by atoms with E-state index in [1.807, 2.05) is 12.1 Å². The van der Waals surface area contributed by atoms with Crippen LogP contribution >= 0.6 is 11.8 Å². The fourth-order valence-corrected chi connectivity index (χ4v) is 3.77. The van der Waals surface area contributed by atoms with Gasteiger partial charge in [-0.1, -0.05) is 24.3 Å². The molecule has 26 heavy (non-hydrogen) atoms. The highest BCUT2D eigenvalue weighted by Crippen LogP contribution is 2.21. The van der Waals surface area contributed by atoms with E-state index >= 15 is 0 Å². The Balaban J connectivity index is 1.94. The molecular formula is C19H25N3O2S2. The molecule has 0 aliphatic heterocycles. The number of nitrogens with zero attached hydrogens (tertiary/aromatic N) is 1. The SMILES string of the molecule is CN=C(NCc1ccc(S(C)(=O)=O)cc1)NCc1ccc(C)cc1SC. The predicted octanol–water partition coefficient (Wildman–Crippen LogP) is 2.99. The molecule has 0 amide bonds. The highest BCUT2D eigenvalue weighted by atomic mass is 32.2.